The number of ether oxygens (including phenoxy) is 2. The first-order valence-corrected chi connectivity index (χ1v) is 12.8. The highest BCUT2D eigenvalue weighted by Crippen LogP contribution is 2.46. The number of rotatable bonds is 5. The average Bonchev–Trinajstić information content (AvgIpc) is 3.30. The number of carbonyl (C=O) groups is 2. The number of pyridine rings is 1. The molecule has 40 heavy (non-hydrogen) atoms. The first kappa shape index (κ1) is 27.0. The summed E-state index contributed by atoms with van der Waals surface area (Å²) in [5, 5.41) is 15.3. The van der Waals surface area contributed by atoms with Crippen molar-refractivity contribution < 1.29 is 24.2 Å². The number of carbonyl (C=O) groups excluding carboxylic acids is 2. The van der Waals surface area contributed by atoms with Crippen LogP contribution in [-0.4, -0.2) is 56.3 Å². The van der Waals surface area contributed by atoms with Crippen LogP contribution in [0.4, 0.5) is 0 Å². The fourth-order valence-electron chi connectivity index (χ4n) is 4.50. The molecule has 3 heterocycles. The molecule has 0 unspecified atom stereocenters. The molecule has 1 aliphatic rings. The second kappa shape index (κ2) is 9.87. The largest absolute Gasteiger partial charge is 0.508 e. The van der Waals surface area contributed by atoms with Crippen molar-refractivity contribution in [3.05, 3.63) is 70.6 Å². The van der Waals surface area contributed by atoms with Gasteiger partial charge in [0, 0.05) is 64.4 Å². The number of aromatic nitrogens is 3. The molecule has 4 aromatic rings. The Morgan fingerprint density at radius 2 is 1.88 bits per heavy atom. The van der Waals surface area contributed by atoms with E-state index in [1.807, 2.05) is 26.8 Å². The molecule has 0 bridgehead atoms. The summed E-state index contributed by atoms with van der Waals surface area (Å²) in [4.78, 5) is 31.3. The smallest absolute Gasteiger partial charge is 0.274 e. The van der Waals surface area contributed by atoms with Gasteiger partial charge >= 0.3 is 0 Å². The number of methoxy groups -OCH3 is 1. The van der Waals surface area contributed by atoms with Crippen molar-refractivity contribution in [1.82, 2.24) is 19.7 Å². The van der Waals surface area contributed by atoms with E-state index in [2.05, 4.69) is 4.98 Å². The minimum Gasteiger partial charge on any atom is -0.508 e. The molecule has 0 saturated carbocycles. The van der Waals surface area contributed by atoms with Crippen molar-refractivity contribution in [1.29, 1.82) is 0 Å². The van der Waals surface area contributed by atoms with Gasteiger partial charge in [0.1, 0.15) is 23.9 Å². The molecule has 0 atom stereocenters. The molecule has 0 spiro atoms. The van der Waals surface area contributed by atoms with Gasteiger partial charge in [-0.15, -0.1) is 0 Å². The number of phenols is 1. The predicted molar refractivity (Wildman–Crippen MR) is 150 cm³/mol. The van der Waals surface area contributed by atoms with E-state index in [4.69, 9.17) is 31.9 Å². The third kappa shape index (κ3) is 4.71. The average molecular weight is 562 g/mol. The Hall–Kier alpha value is -4.57. The third-order valence-electron chi connectivity index (χ3n) is 6.87. The van der Waals surface area contributed by atoms with E-state index in [1.165, 1.54) is 25.4 Å². The lowest BCUT2D eigenvalue weighted by Gasteiger charge is -2.31. The minimum atomic E-state index is -0.609. The number of primary amides is 1. The highest BCUT2D eigenvalue weighted by molar-refractivity contribution is 6.30. The number of benzene rings is 2. The van der Waals surface area contributed by atoms with E-state index in [9.17, 15) is 14.7 Å². The molecule has 2 aromatic carbocycles. The topological polar surface area (TPSA) is 133 Å². The van der Waals surface area contributed by atoms with Crippen LogP contribution >= 0.6 is 11.6 Å². The van der Waals surface area contributed by atoms with E-state index < -0.39 is 11.4 Å². The Bertz CT molecular complexity index is 1650. The van der Waals surface area contributed by atoms with E-state index in [0.29, 0.717) is 50.2 Å². The maximum absolute atomic E-state index is 13.7. The highest BCUT2D eigenvalue weighted by atomic mass is 35.5. The molecule has 3 N–H and O–H groups in total. The first-order chi connectivity index (χ1) is 18.9. The summed E-state index contributed by atoms with van der Waals surface area (Å²) < 4.78 is 13.4. The van der Waals surface area contributed by atoms with Crippen LogP contribution in [0, 0.1) is 0 Å². The van der Waals surface area contributed by atoms with E-state index >= 15 is 0 Å². The number of nitrogens with zero attached hydrogens (tertiary/aromatic N) is 4. The summed E-state index contributed by atoms with van der Waals surface area (Å²) >= 11 is 6.29. The van der Waals surface area contributed by atoms with Crippen molar-refractivity contribution in [3.63, 3.8) is 0 Å². The molecule has 5 rings (SSSR count). The van der Waals surface area contributed by atoms with E-state index in [1.54, 1.807) is 41.0 Å². The van der Waals surface area contributed by atoms with Crippen LogP contribution in [-0.2, 0) is 6.61 Å². The maximum atomic E-state index is 13.7. The Morgan fingerprint density at radius 3 is 2.52 bits per heavy atom. The fraction of sp³-hybridized carbons (Fsp3) is 0.241. The summed E-state index contributed by atoms with van der Waals surface area (Å²) in [6, 6.07) is 9.78. The molecule has 2 aromatic heterocycles. The van der Waals surface area contributed by atoms with Gasteiger partial charge in [-0.3, -0.25) is 14.6 Å². The molecule has 0 radical (unpaired) electrons. The lowest BCUT2D eigenvalue weighted by molar-refractivity contribution is 0.0646. The van der Waals surface area contributed by atoms with Crippen LogP contribution in [0.3, 0.4) is 0 Å². The van der Waals surface area contributed by atoms with Crippen molar-refractivity contribution in [3.8, 4) is 45.3 Å². The highest BCUT2D eigenvalue weighted by Gasteiger charge is 2.34. The Kier molecular flexibility index (Phi) is 6.67. The summed E-state index contributed by atoms with van der Waals surface area (Å²) in [5.41, 5.74) is 8.95. The lowest BCUT2D eigenvalue weighted by Crippen LogP contribution is -2.43. The van der Waals surface area contributed by atoms with Crippen LogP contribution in [0.2, 0.25) is 5.02 Å². The fourth-order valence-corrected chi connectivity index (χ4v) is 4.72. The van der Waals surface area contributed by atoms with Crippen LogP contribution < -0.4 is 15.2 Å². The number of halogens is 1. The number of amides is 2. The summed E-state index contributed by atoms with van der Waals surface area (Å²) in [6.07, 6.45) is 2.99. The summed E-state index contributed by atoms with van der Waals surface area (Å²) in [7, 11) is 3.25. The minimum absolute atomic E-state index is 0.0523. The molecule has 2 amide bonds. The van der Waals surface area contributed by atoms with Gasteiger partial charge < -0.3 is 25.2 Å². The zero-order valence-electron chi connectivity index (χ0n) is 22.7. The number of hydrogen-bond donors (Lipinski definition) is 2. The van der Waals surface area contributed by atoms with Gasteiger partial charge in [-0.1, -0.05) is 11.6 Å². The zero-order valence-corrected chi connectivity index (χ0v) is 23.4. The molecule has 1 aliphatic heterocycles. The van der Waals surface area contributed by atoms with E-state index in [-0.39, 0.29) is 29.5 Å². The van der Waals surface area contributed by atoms with Gasteiger partial charge in [0.15, 0.2) is 5.69 Å². The van der Waals surface area contributed by atoms with Crippen molar-refractivity contribution in [2.75, 3.05) is 14.2 Å². The normalized spacial score (nSPS) is 12.2. The van der Waals surface area contributed by atoms with Crippen molar-refractivity contribution in [2.45, 2.75) is 32.9 Å². The molecular weight excluding hydrogens is 534 g/mol. The van der Waals surface area contributed by atoms with Gasteiger partial charge in [-0.05, 0) is 45.0 Å². The zero-order chi connectivity index (χ0) is 28.9. The van der Waals surface area contributed by atoms with Gasteiger partial charge in [-0.2, -0.15) is 5.10 Å². The number of nitrogens with two attached hydrogens (primary N) is 1. The quantitative estimate of drug-likeness (QED) is 0.356. The van der Waals surface area contributed by atoms with E-state index in [0.717, 1.165) is 0 Å². The van der Waals surface area contributed by atoms with Crippen molar-refractivity contribution >= 4 is 23.4 Å². The molecule has 0 saturated heterocycles. The van der Waals surface area contributed by atoms with Crippen molar-refractivity contribution in [2.24, 2.45) is 5.73 Å². The standard InChI is InChI=1S/C29H28ClN5O5/c1-29(2,3)34(4)28(38)25-22-14-40-24-11-23(39-5)20(15-6-16(27(31)37)13-32-12-15)10-21(24)26(22)35(33-25)18-7-17(30)8-19(36)9-18/h6-13,36H,14H2,1-5H3,(H2,31,37). The Labute approximate surface area is 235 Å². The van der Waals surface area contributed by atoms with Gasteiger partial charge in [0.25, 0.3) is 5.91 Å². The van der Waals surface area contributed by atoms with Crippen LogP contribution in [0.5, 0.6) is 17.2 Å². The predicted octanol–water partition coefficient (Wildman–Crippen LogP) is 4.83. The van der Waals surface area contributed by atoms with Crippen LogP contribution in [0.1, 0.15) is 47.2 Å². The Morgan fingerprint density at radius 1 is 1.12 bits per heavy atom. The third-order valence-corrected chi connectivity index (χ3v) is 7.09. The van der Waals surface area contributed by atoms with Gasteiger partial charge in [-0.25, -0.2) is 4.68 Å². The Balaban J connectivity index is 1.79. The van der Waals surface area contributed by atoms with Gasteiger partial charge in [0.2, 0.25) is 5.91 Å². The van der Waals surface area contributed by atoms with Crippen LogP contribution in [0.15, 0.2) is 48.8 Å². The SMILES string of the molecule is COc1cc2c(cc1-c1cncc(C(N)=O)c1)-c1c(c(C(=O)N(C)C(C)(C)C)nn1-c1cc(O)cc(Cl)c1)CO2. The second-order valence-corrected chi connectivity index (χ2v) is 10.9. The molecular formula is C29H28ClN5O5. The first-order valence-electron chi connectivity index (χ1n) is 12.4. The number of aromatic hydroxyl groups is 1. The maximum Gasteiger partial charge on any atom is 0.274 e. The molecule has 0 aliphatic carbocycles. The molecule has 11 heteroatoms. The second-order valence-electron chi connectivity index (χ2n) is 10.5. The monoisotopic (exact) mass is 561 g/mol. The molecule has 206 valence electrons. The molecule has 10 nitrogen and oxygen atoms in total. The van der Waals surface area contributed by atoms with Crippen LogP contribution in [0.25, 0.3) is 28.1 Å². The summed E-state index contributed by atoms with van der Waals surface area (Å²) in [6.45, 7) is 5.88. The number of phenolic OH excluding ortho intramolecular Hbond substituents is 1. The summed E-state index contributed by atoms with van der Waals surface area (Å²) in [5.74, 6) is 0.0433. The lowest BCUT2D eigenvalue weighted by atomic mass is 9.95. The molecule has 0 fully saturated rings. The number of fused-ring (bicyclic) bond motifs is 3. The van der Waals surface area contributed by atoms with Gasteiger partial charge in [0.05, 0.1) is 24.1 Å². The number of hydrogen-bond acceptors (Lipinski definition) is 7.